The molecule has 1 atom stereocenters. The second-order valence-corrected chi connectivity index (χ2v) is 4.67. The van der Waals surface area contributed by atoms with Crippen LogP contribution in [0.1, 0.15) is 19.8 Å². The molecular formula is C8H14N2O4S. The number of nitrogens with zero attached hydrogens (tertiary/aromatic N) is 1. The molecule has 0 aromatic heterocycles. The first-order valence-corrected chi connectivity index (χ1v) is 6.04. The quantitative estimate of drug-likeness (QED) is 0.640. The maximum absolute atomic E-state index is 11.3. The Morgan fingerprint density at radius 1 is 1.60 bits per heavy atom. The number of hydrogen-bond acceptors (Lipinski definition) is 5. The molecule has 1 unspecified atom stereocenters. The summed E-state index contributed by atoms with van der Waals surface area (Å²) in [4.78, 5) is 10.7. The standard InChI is InChI=1S/C8H14N2O4S/c1-3-7(4-5-9)10-15(12,13)6-8(11)14-2/h7,10H,3-4,6H2,1-2H3. The Balaban J connectivity index is 4.36. The van der Waals surface area contributed by atoms with Crippen LogP contribution in [0.15, 0.2) is 0 Å². The molecule has 0 saturated carbocycles. The van der Waals surface area contributed by atoms with E-state index in [1.165, 1.54) is 0 Å². The van der Waals surface area contributed by atoms with Crippen LogP contribution in [0, 0.1) is 11.3 Å². The van der Waals surface area contributed by atoms with E-state index in [1.807, 2.05) is 6.07 Å². The van der Waals surface area contributed by atoms with E-state index < -0.39 is 27.8 Å². The van der Waals surface area contributed by atoms with E-state index in [2.05, 4.69) is 9.46 Å². The lowest BCUT2D eigenvalue weighted by Gasteiger charge is -2.12. The van der Waals surface area contributed by atoms with Gasteiger partial charge in [-0.05, 0) is 6.42 Å². The number of sulfonamides is 1. The van der Waals surface area contributed by atoms with Gasteiger partial charge in [0, 0.05) is 6.04 Å². The zero-order chi connectivity index (χ0) is 11.9. The molecule has 86 valence electrons. The maximum Gasteiger partial charge on any atom is 0.322 e. The molecule has 0 aliphatic rings. The molecule has 0 bridgehead atoms. The highest BCUT2D eigenvalue weighted by Gasteiger charge is 2.20. The first-order valence-electron chi connectivity index (χ1n) is 4.39. The van der Waals surface area contributed by atoms with Gasteiger partial charge in [0.15, 0.2) is 5.75 Å². The summed E-state index contributed by atoms with van der Waals surface area (Å²) in [6.45, 7) is 1.75. The minimum absolute atomic E-state index is 0.0803. The molecule has 0 radical (unpaired) electrons. The van der Waals surface area contributed by atoms with Crippen molar-refractivity contribution in [2.24, 2.45) is 0 Å². The van der Waals surface area contributed by atoms with E-state index in [9.17, 15) is 13.2 Å². The Labute approximate surface area is 89.3 Å². The number of nitrogens with one attached hydrogen (secondary N) is 1. The van der Waals surface area contributed by atoms with Crippen LogP contribution in [0.5, 0.6) is 0 Å². The minimum atomic E-state index is -3.70. The Morgan fingerprint density at radius 2 is 2.20 bits per heavy atom. The van der Waals surface area contributed by atoms with Crippen LogP contribution in [-0.4, -0.2) is 33.3 Å². The van der Waals surface area contributed by atoms with Crippen LogP contribution in [0.4, 0.5) is 0 Å². The van der Waals surface area contributed by atoms with Crippen molar-refractivity contribution in [3.8, 4) is 6.07 Å². The van der Waals surface area contributed by atoms with Crippen molar-refractivity contribution < 1.29 is 17.9 Å². The van der Waals surface area contributed by atoms with Crippen LogP contribution in [0.2, 0.25) is 0 Å². The number of carbonyl (C=O) groups excluding carboxylic acids is 1. The molecule has 7 heteroatoms. The van der Waals surface area contributed by atoms with E-state index in [0.717, 1.165) is 7.11 Å². The Kier molecular flexibility index (Phi) is 5.89. The van der Waals surface area contributed by atoms with Crippen molar-refractivity contribution in [3.63, 3.8) is 0 Å². The fourth-order valence-corrected chi connectivity index (χ4v) is 2.16. The third-order valence-electron chi connectivity index (χ3n) is 1.71. The topological polar surface area (TPSA) is 96.3 Å². The third-order valence-corrected chi connectivity index (χ3v) is 3.02. The summed E-state index contributed by atoms with van der Waals surface area (Å²) in [5.41, 5.74) is 0. The highest BCUT2D eigenvalue weighted by atomic mass is 32.2. The van der Waals surface area contributed by atoms with Crippen LogP contribution in [0.25, 0.3) is 0 Å². The molecule has 15 heavy (non-hydrogen) atoms. The Hall–Kier alpha value is -1.13. The Bertz CT molecular complexity index is 344. The maximum atomic E-state index is 11.3. The fraction of sp³-hybridized carbons (Fsp3) is 0.750. The highest BCUT2D eigenvalue weighted by Crippen LogP contribution is 1.99. The van der Waals surface area contributed by atoms with E-state index in [1.54, 1.807) is 6.92 Å². The summed E-state index contributed by atoms with van der Waals surface area (Å²) in [5.74, 6) is -1.54. The van der Waals surface area contributed by atoms with Gasteiger partial charge in [0.2, 0.25) is 10.0 Å². The Morgan fingerprint density at radius 3 is 2.60 bits per heavy atom. The molecule has 0 heterocycles. The molecule has 0 amide bonds. The van der Waals surface area contributed by atoms with Crippen molar-refractivity contribution in [1.29, 1.82) is 5.26 Å². The van der Waals surface area contributed by atoms with Crippen LogP contribution in [-0.2, 0) is 19.6 Å². The summed E-state index contributed by atoms with van der Waals surface area (Å²) in [6.07, 6.45) is 0.574. The molecule has 0 rings (SSSR count). The predicted molar refractivity (Wildman–Crippen MR) is 53.2 cm³/mol. The zero-order valence-electron chi connectivity index (χ0n) is 8.69. The van der Waals surface area contributed by atoms with E-state index >= 15 is 0 Å². The lowest BCUT2D eigenvalue weighted by molar-refractivity contribution is -0.137. The molecule has 0 aliphatic carbocycles. The van der Waals surface area contributed by atoms with Gasteiger partial charge >= 0.3 is 5.97 Å². The van der Waals surface area contributed by atoms with Crippen LogP contribution >= 0.6 is 0 Å². The summed E-state index contributed by atoms with van der Waals surface area (Å²) in [7, 11) is -2.59. The molecule has 0 aromatic rings. The van der Waals surface area contributed by atoms with Gasteiger partial charge in [-0.15, -0.1) is 0 Å². The smallest absolute Gasteiger partial charge is 0.322 e. The van der Waals surface area contributed by atoms with Gasteiger partial charge in [-0.3, -0.25) is 4.79 Å². The minimum Gasteiger partial charge on any atom is -0.468 e. The number of carbonyl (C=O) groups is 1. The number of ether oxygens (including phenoxy) is 1. The van der Waals surface area contributed by atoms with Gasteiger partial charge in [0.25, 0.3) is 0 Å². The largest absolute Gasteiger partial charge is 0.468 e. The SMILES string of the molecule is CCC(CC#N)NS(=O)(=O)CC(=O)OC. The van der Waals surface area contributed by atoms with E-state index in [0.29, 0.717) is 6.42 Å². The predicted octanol–water partition coefficient (Wildman–Crippen LogP) is -0.229. The van der Waals surface area contributed by atoms with Gasteiger partial charge < -0.3 is 4.74 Å². The summed E-state index contributed by atoms with van der Waals surface area (Å²) >= 11 is 0. The fourth-order valence-electron chi connectivity index (χ4n) is 0.889. The number of hydrogen-bond donors (Lipinski definition) is 1. The second kappa shape index (κ2) is 6.37. The van der Waals surface area contributed by atoms with Gasteiger partial charge in [0.05, 0.1) is 19.6 Å². The zero-order valence-corrected chi connectivity index (χ0v) is 9.50. The van der Waals surface area contributed by atoms with Crippen molar-refractivity contribution >= 4 is 16.0 Å². The number of nitriles is 1. The monoisotopic (exact) mass is 234 g/mol. The van der Waals surface area contributed by atoms with Crippen LogP contribution < -0.4 is 4.72 Å². The molecule has 0 aromatic carbocycles. The lowest BCUT2D eigenvalue weighted by Crippen LogP contribution is -2.38. The number of rotatable bonds is 6. The molecule has 0 saturated heterocycles. The van der Waals surface area contributed by atoms with Gasteiger partial charge in [-0.25, -0.2) is 13.1 Å². The van der Waals surface area contributed by atoms with Crippen molar-refractivity contribution in [3.05, 3.63) is 0 Å². The van der Waals surface area contributed by atoms with Crippen molar-refractivity contribution in [2.45, 2.75) is 25.8 Å². The second-order valence-electron chi connectivity index (χ2n) is 2.92. The van der Waals surface area contributed by atoms with E-state index in [-0.39, 0.29) is 6.42 Å². The normalized spacial score (nSPS) is 12.9. The molecule has 6 nitrogen and oxygen atoms in total. The number of methoxy groups -OCH3 is 1. The van der Waals surface area contributed by atoms with E-state index in [4.69, 9.17) is 5.26 Å². The average molecular weight is 234 g/mol. The molecule has 0 aliphatic heterocycles. The first-order chi connectivity index (χ1) is 6.95. The molecule has 0 fully saturated rings. The molecule has 0 spiro atoms. The van der Waals surface area contributed by atoms with Crippen molar-refractivity contribution in [1.82, 2.24) is 4.72 Å². The summed E-state index contributed by atoms with van der Waals surface area (Å²) in [5, 5.41) is 8.42. The summed E-state index contributed by atoms with van der Waals surface area (Å²) in [6, 6.07) is 1.41. The highest BCUT2D eigenvalue weighted by molar-refractivity contribution is 7.90. The number of esters is 1. The molecule has 1 N–H and O–H groups in total. The third kappa shape index (κ3) is 6.04. The van der Waals surface area contributed by atoms with Gasteiger partial charge in [0.1, 0.15) is 0 Å². The van der Waals surface area contributed by atoms with Crippen molar-refractivity contribution in [2.75, 3.05) is 12.9 Å². The molecular weight excluding hydrogens is 220 g/mol. The average Bonchev–Trinajstić information content (AvgIpc) is 2.15. The summed E-state index contributed by atoms with van der Waals surface area (Å²) < 4.78 is 29.1. The lowest BCUT2D eigenvalue weighted by atomic mass is 10.2. The van der Waals surface area contributed by atoms with Crippen LogP contribution in [0.3, 0.4) is 0 Å². The first kappa shape index (κ1) is 13.9. The van der Waals surface area contributed by atoms with Gasteiger partial charge in [-0.1, -0.05) is 6.92 Å². The van der Waals surface area contributed by atoms with Gasteiger partial charge in [-0.2, -0.15) is 5.26 Å².